The van der Waals surface area contributed by atoms with E-state index in [2.05, 4.69) is 64.1 Å². The van der Waals surface area contributed by atoms with Gasteiger partial charge in [-0.3, -0.25) is 0 Å². The molecule has 0 amide bonds. The molecule has 0 saturated heterocycles. The van der Waals surface area contributed by atoms with Gasteiger partial charge in [0.15, 0.2) is 0 Å². The van der Waals surface area contributed by atoms with Gasteiger partial charge in [-0.2, -0.15) is 0 Å². The van der Waals surface area contributed by atoms with E-state index in [0.29, 0.717) is 56.5 Å². The Hall–Kier alpha value is -3.78. The van der Waals surface area contributed by atoms with E-state index in [1.165, 1.54) is 231 Å². The molecule has 3 rings (SSSR count). The Morgan fingerprint density at radius 3 is 0.593 bits per heavy atom. The van der Waals surface area contributed by atoms with E-state index in [1.807, 2.05) is 18.2 Å². The molecule has 81 heavy (non-hydrogen) atoms. The Morgan fingerprint density at radius 2 is 0.383 bits per heavy atom. The normalized spacial score (nSPS) is 11.3. The summed E-state index contributed by atoms with van der Waals surface area (Å²) in [6.45, 7) is 14.1. The molecule has 0 aliphatic carbocycles. The SMILES string of the molecule is CCCCCCCCCCCCOc1cc(CCOc2cc(OCCCN)cc(OCCc3cc(OCCCCCCCCCCCC)cc(OCCCCCCCCCCCC)c3)c2)cc(OCCCCCCCCCCCC)c1. The molecule has 0 atom stereocenters. The lowest BCUT2D eigenvalue weighted by Gasteiger charge is -2.15. The quantitative estimate of drug-likeness (QED) is 0.0559. The predicted octanol–water partition coefficient (Wildman–Crippen LogP) is 21.9. The summed E-state index contributed by atoms with van der Waals surface area (Å²) in [5.74, 6) is 5.67. The van der Waals surface area contributed by atoms with Gasteiger partial charge in [-0.15, -0.1) is 0 Å². The van der Waals surface area contributed by atoms with Crippen molar-refractivity contribution in [2.24, 2.45) is 5.73 Å². The Labute approximate surface area is 499 Å². The number of ether oxygens (including phenoxy) is 7. The number of rotatable bonds is 60. The summed E-state index contributed by atoms with van der Waals surface area (Å²) in [6.07, 6.45) is 54.5. The molecule has 0 saturated carbocycles. The van der Waals surface area contributed by atoms with Crippen molar-refractivity contribution in [3.8, 4) is 40.2 Å². The Kier molecular flexibility index (Phi) is 46.8. The highest BCUT2D eigenvalue weighted by Crippen LogP contribution is 2.31. The van der Waals surface area contributed by atoms with E-state index in [1.54, 1.807) is 0 Å². The highest BCUT2D eigenvalue weighted by Gasteiger charge is 2.11. The molecule has 8 nitrogen and oxygen atoms in total. The lowest BCUT2D eigenvalue weighted by atomic mass is 10.1. The maximum Gasteiger partial charge on any atom is 0.126 e. The first-order chi connectivity index (χ1) is 40.1. The van der Waals surface area contributed by atoms with Crippen LogP contribution in [0.25, 0.3) is 0 Å². The molecular formula is C73H125NO7. The van der Waals surface area contributed by atoms with Gasteiger partial charge in [0.2, 0.25) is 0 Å². The largest absolute Gasteiger partial charge is 0.493 e. The topological polar surface area (TPSA) is 90.6 Å². The first-order valence-electron chi connectivity index (χ1n) is 34.6. The van der Waals surface area contributed by atoms with Crippen LogP contribution in [0.4, 0.5) is 0 Å². The molecule has 464 valence electrons. The van der Waals surface area contributed by atoms with Crippen LogP contribution in [0.2, 0.25) is 0 Å². The zero-order valence-electron chi connectivity index (χ0n) is 53.2. The second-order valence-corrected chi connectivity index (χ2v) is 23.6. The predicted molar refractivity (Wildman–Crippen MR) is 346 cm³/mol. The van der Waals surface area contributed by atoms with Crippen molar-refractivity contribution >= 4 is 0 Å². The van der Waals surface area contributed by atoms with Crippen LogP contribution in [0.3, 0.4) is 0 Å². The molecule has 0 unspecified atom stereocenters. The van der Waals surface area contributed by atoms with E-state index >= 15 is 0 Å². The van der Waals surface area contributed by atoms with Crippen LogP contribution < -0.4 is 38.9 Å². The number of nitrogens with two attached hydrogens (primary N) is 1. The highest BCUT2D eigenvalue weighted by molar-refractivity contribution is 5.43. The summed E-state index contributed by atoms with van der Waals surface area (Å²) in [5, 5.41) is 0. The zero-order valence-corrected chi connectivity index (χ0v) is 53.2. The third-order valence-corrected chi connectivity index (χ3v) is 15.7. The molecule has 8 heteroatoms. The number of benzene rings is 3. The van der Waals surface area contributed by atoms with E-state index in [4.69, 9.17) is 38.9 Å². The van der Waals surface area contributed by atoms with E-state index in [9.17, 15) is 0 Å². The van der Waals surface area contributed by atoms with Crippen molar-refractivity contribution in [3.63, 3.8) is 0 Å². The average Bonchev–Trinajstić information content (AvgIpc) is 3.47. The molecule has 3 aromatic rings. The summed E-state index contributed by atoms with van der Waals surface area (Å²) in [5.41, 5.74) is 8.14. The molecule has 3 aromatic carbocycles. The lowest BCUT2D eigenvalue weighted by Crippen LogP contribution is -2.08. The molecular weight excluding hydrogens is 1000 g/mol. The Morgan fingerprint density at radius 1 is 0.210 bits per heavy atom. The van der Waals surface area contributed by atoms with Crippen molar-refractivity contribution in [2.75, 3.05) is 52.8 Å². The molecule has 0 heterocycles. The molecule has 0 aromatic heterocycles. The number of unbranched alkanes of at least 4 members (excludes halogenated alkanes) is 36. The third-order valence-electron chi connectivity index (χ3n) is 15.7. The van der Waals surface area contributed by atoms with Crippen LogP contribution >= 0.6 is 0 Å². The van der Waals surface area contributed by atoms with Gasteiger partial charge in [0.1, 0.15) is 40.2 Å². The second-order valence-electron chi connectivity index (χ2n) is 23.6. The smallest absolute Gasteiger partial charge is 0.126 e. The van der Waals surface area contributed by atoms with Gasteiger partial charge in [0, 0.05) is 43.2 Å². The minimum Gasteiger partial charge on any atom is -0.493 e. The van der Waals surface area contributed by atoms with Gasteiger partial charge >= 0.3 is 0 Å². The van der Waals surface area contributed by atoms with Crippen molar-refractivity contribution < 1.29 is 33.2 Å². The average molecular weight is 1130 g/mol. The van der Waals surface area contributed by atoms with Gasteiger partial charge in [-0.25, -0.2) is 0 Å². The molecule has 0 aliphatic rings. The van der Waals surface area contributed by atoms with E-state index < -0.39 is 0 Å². The molecule has 0 radical (unpaired) electrons. The summed E-state index contributed by atoms with van der Waals surface area (Å²) in [4.78, 5) is 0. The first kappa shape index (κ1) is 71.5. The Balaban J connectivity index is 1.61. The monoisotopic (exact) mass is 1130 g/mol. The van der Waals surface area contributed by atoms with Crippen molar-refractivity contribution in [3.05, 3.63) is 65.7 Å². The fraction of sp³-hybridized carbons (Fsp3) is 0.753. The highest BCUT2D eigenvalue weighted by atomic mass is 16.5. The first-order valence-corrected chi connectivity index (χ1v) is 34.6. The standard InChI is InChI=1S/C73H125NO7/c1-5-9-13-17-21-25-29-33-37-41-49-75-67-56-65(57-68(60-67)76-50-42-38-34-30-26-22-18-14-10-6-2)46-54-80-72-62-71(79-53-45-48-74)63-73(64-72)81-55-47-66-58-69(77-51-43-39-35-31-27-23-19-15-11-7-3)61-70(59-66)78-52-44-40-36-32-28-24-20-16-12-8-4/h56-64H,5-55,74H2,1-4H3. The Bertz CT molecular complexity index is 1640. The van der Waals surface area contributed by atoms with Crippen LogP contribution in [0.1, 0.15) is 302 Å². The van der Waals surface area contributed by atoms with Crippen molar-refractivity contribution in [2.45, 2.75) is 304 Å². The van der Waals surface area contributed by atoms with Crippen LogP contribution in [-0.4, -0.2) is 52.8 Å². The van der Waals surface area contributed by atoms with Crippen LogP contribution in [0.5, 0.6) is 40.2 Å². The maximum atomic E-state index is 6.50. The number of hydrogen-bond donors (Lipinski definition) is 1. The third kappa shape index (κ3) is 41.0. The summed E-state index contributed by atoms with van der Waals surface area (Å²) >= 11 is 0. The fourth-order valence-electron chi connectivity index (χ4n) is 10.6. The molecule has 0 spiro atoms. The summed E-state index contributed by atoms with van der Waals surface area (Å²) in [7, 11) is 0. The maximum absolute atomic E-state index is 6.50. The van der Waals surface area contributed by atoms with Gasteiger partial charge in [-0.1, -0.05) is 259 Å². The lowest BCUT2D eigenvalue weighted by molar-refractivity contribution is 0.284. The molecule has 0 bridgehead atoms. The van der Waals surface area contributed by atoms with E-state index in [0.717, 1.165) is 92.7 Å². The minimum atomic E-state index is 0.485. The zero-order chi connectivity index (χ0) is 57.6. The second kappa shape index (κ2) is 53.0. The minimum absolute atomic E-state index is 0.485. The summed E-state index contributed by atoms with van der Waals surface area (Å²) in [6, 6.07) is 18.7. The number of hydrogen-bond acceptors (Lipinski definition) is 8. The van der Waals surface area contributed by atoms with E-state index in [-0.39, 0.29) is 0 Å². The van der Waals surface area contributed by atoms with Crippen molar-refractivity contribution in [1.82, 2.24) is 0 Å². The molecule has 2 N–H and O–H groups in total. The summed E-state index contributed by atoms with van der Waals surface area (Å²) < 4.78 is 44.8. The molecule has 0 fully saturated rings. The fourth-order valence-corrected chi connectivity index (χ4v) is 10.6. The van der Waals surface area contributed by atoms with Crippen LogP contribution in [0, 0.1) is 0 Å². The van der Waals surface area contributed by atoms with Crippen molar-refractivity contribution in [1.29, 1.82) is 0 Å². The van der Waals surface area contributed by atoms with Crippen LogP contribution in [-0.2, 0) is 12.8 Å². The van der Waals surface area contributed by atoms with Gasteiger partial charge in [-0.05, 0) is 74.0 Å². The van der Waals surface area contributed by atoms with Gasteiger partial charge in [0.05, 0.1) is 46.2 Å². The van der Waals surface area contributed by atoms with Crippen LogP contribution in [0.15, 0.2) is 54.6 Å². The van der Waals surface area contributed by atoms with Gasteiger partial charge < -0.3 is 38.9 Å². The van der Waals surface area contributed by atoms with Gasteiger partial charge in [0.25, 0.3) is 0 Å². The molecule has 0 aliphatic heterocycles.